The number of pyridine rings is 1. The number of hydrogen-bond acceptors (Lipinski definition) is 5. The Bertz CT molecular complexity index is 1090. The van der Waals surface area contributed by atoms with Gasteiger partial charge in [-0.3, -0.25) is 4.79 Å². The maximum absolute atomic E-state index is 12.7. The molecule has 30 heavy (non-hydrogen) atoms. The van der Waals surface area contributed by atoms with Gasteiger partial charge in [0.25, 0.3) is 0 Å². The van der Waals surface area contributed by atoms with E-state index in [1.807, 2.05) is 47.7 Å². The molecule has 7 nitrogen and oxygen atoms in total. The summed E-state index contributed by atoms with van der Waals surface area (Å²) in [5.41, 5.74) is 4.52. The minimum Gasteiger partial charge on any atom is -0.367 e. The number of para-hydroxylation sites is 1. The summed E-state index contributed by atoms with van der Waals surface area (Å²) in [5, 5.41) is 8.98. The maximum Gasteiger partial charge on any atom is 0.242 e. The summed E-state index contributed by atoms with van der Waals surface area (Å²) in [7, 11) is 0. The van der Waals surface area contributed by atoms with Crippen LogP contribution in [-0.4, -0.2) is 51.5 Å². The van der Waals surface area contributed by atoms with Gasteiger partial charge in [-0.2, -0.15) is 5.26 Å². The molecule has 1 aliphatic heterocycles. The number of carbonyl (C=O) groups is 1. The first-order valence-corrected chi connectivity index (χ1v) is 10.0. The molecule has 0 aliphatic carbocycles. The molecular formula is C23H24N6O. The Hall–Kier alpha value is -3.66. The lowest BCUT2D eigenvalue weighted by molar-refractivity contribution is -0.132. The molecular weight excluding hydrogens is 376 g/mol. The third-order valence-electron chi connectivity index (χ3n) is 5.47. The van der Waals surface area contributed by atoms with Crippen molar-refractivity contribution in [2.75, 3.05) is 31.1 Å². The summed E-state index contributed by atoms with van der Waals surface area (Å²) >= 11 is 0. The van der Waals surface area contributed by atoms with Gasteiger partial charge in [-0.1, -0.05) is 18.2 Å². The maximum atomic E-state index is 12.7. The average molecular weight is 400 g/mol. The molecule has 0 unspecified atom stereocenters. The number of rotatable bonds is 4. The van der Waals surface area contributed by atoms with Crippen LogP contribution in [0.4, 0.5) is 5.69 Å². The normalized spacial score (nSPS) is 13.9. The molecule has 0 radical (unpaired) electrons. The molecule has 1 aliphatic rings. The van der Waals surface area contributed by atoms with Crippen LogP contribution in [0.3, 0.4) is 0 Å². The zero-order valence-corrected chi connectivity index (χ0v) is 17.2. The van der Waals surface area contributed by atoms with Gasteiger partial charge in [-0.25, -0.2) is 9.97 Å². The number of nitrogens with zero attached hydrogens (tertiary/aromatic N) is 6. The Kier molecular flexibility index (Phi) is 5.48. The molecule has 0 N–H and O–H groups in total. The molecule has 4 rings (SSSR count). The van der Waals surface area contributed by atoms with E-state index in [1.54, 1.807) is 12.3 Å². The lowest BCUT2D eigenvalue weighted by Crippen LogP contribution is -2.49. The summed E-state index contributed by atoms with van der Waals surface area (Å²) < 4.78 is 1.91. The molecule has 1 aromatic carbocycles. The Morgan fingerprint density at radius 1 is 1.10 bits per heavy atom. The van der Waals surface area contributed by atoms with Crippen molar-refractivity contribution in [2.45, 2.75) is 20.4 Å². The lowest BCUT2D eigenvalue weighted by atomic mass is 10.0. The number of piperazine rings is 1. The molecule has 3 aromatic rings. The third-order valence-corrected chi connectivity index (χ3v) is 5.47. The fourth-order valence-electron chi connectivity index (χ4n) is 3.88. The molecule has 3 heterocycles. The second-order valence-corrected chi connectivity index (χ2v) is 7.49. The largest absolute Gasteiger partial charge is 0.367 e. The van der Waals surface area contributed by atoms with Gasteiger partial charge in [0.05, 0.1) is 5.69 Å². The minimum absolute atomic E-state index is 0.125. The molecule has 0 saturated carbocycles. The number of benzene rings is 1. The Balaban J connectivity index is 1.45. The van der Waals surface area contributed by atoms with E-state index < -0.39 is 0 Å². The highest BCUT2D eigenvalue weighted by Gasteiger charge is 2.23. The van der Waals surface area contributed by atoms with Gasteiger partial charge in [0, 0.05) is 55.4 Å². The SMILES string of the molecule is Cc1cn(CC(=O)N2CCN(c3ccccc3-c3ccc(C#N)nc3)CC2)c(C)n1. The first-order chi connectivity index (χ1) is 14.5. The Labute approximate surface area is 176 Å². The molecule has 0 atom stereocenters. The first kappa shape index (κ1) is 19.6. The smallest absolute Gasteiger partial charge is 0.242 e. The second-order valence-electron chi connectivity index (χ2n) is 7.49. The first-order valence-electron chi connectivity index (χ1n) is 10.0. The number of anilines is 1. The number of aromatic nitrogens is 3. The van der Waals surface area contributed by atoms with Gasteiger partial charge in [0.1, 0.15) is 24.1 Å². The van der Waals surface area contributed by atoms with Crippen molar-refractivity contribution in [1.29, 1.82) is 5.26 Å². The quantitative estimate of drug-likeness (QED) is 0.673. The summed E-state index contributed by atoms with van der Waals surface area (Å²) in [6.45, 7) is 7.11. The van der Waals surface area contributed by atoms with E-state index in [-0.39, 0.29) is 5.91 Å². The fourth-order valence-corrected chi connectivity index (χ4v) is 3.88. The second kappa shape index (κ2) is 8.37. The van der Waals surface area contributed by atoms with Crippen LogP contribution in [0, 0.1) is 25.2 Å². The number of imidazole rings is 1. The zero-order chi connectivity index (χ0) is 21.1. The van der Waals surface area contributed by atoms with Crippen molar-refractivity contribution in [3.05, 3.63) is 66.0 Å². The zero-order valence-electron chi connectivity index (χ0n) is 17.2. The molecule has 0 bridgehead atoms. The number of carbonyl (C=O) groups excluding carboxylic acids is 1. The Morgan fingerprint density at radius 3 is 2.50 bits per heavy atom. The van der Waals surface area contributed by atoms with Crippen LogP contribution in [-0.2, 0) is 11.3 Å². The third kappa shape index (κ3) is 4.03. The van der Waals surface area contributed by atoms with E-state index in [4.69, 9.17) is 5.26 Å². The molecule has 1 fully saturated rings. The Morgan fingerprint density at radius 2 is 1.87 bits per heavy atom. The van der Waals surface area contributed by atoms with Crippen molar-refractivity contribution in [3.63, 3.8) is 0 Å². The highest BCUT2D eigenvalue weighted by molar-refractivity contribution is 5.79. The van der Waals surface area contributed by atoms with E-state index in [0.717, 1.165) is 41.4 Å². The van der Waals surface area contributed by atoms with Crippen molar-refractivity contribution < 1.29 is 4.79 Å². The number of hydrogen-bond donors (Lipinski definition) is 0. The number of nitriles is 1. The molecule has 2 aromatic heterocycles. The lowest BCUT2D eigenvalue weighted by Gasteiger charge is -2.37. The van der Waals surface area contributed by atoms with Gasteiger partial charge >= 0.3 is 0 Å². The monoisotopic (exact) mass is 400 g/mol. The summed E-state index contributed by atoms with van der Waals surface area (Å²) in [6.07, 6.45) is 3.66. The number of aryl methyl sites for hydroxylation is 2. The summed E-state index contributed by atoms with van der Waals surface area (Å²) in [5.74, 6) is 0.990. The van der Waals surface area contributed by atoms with Crippen LogP contribution in [0.5, 0.6) is 0 Å². The van der Waals surface area contributed by atoms with E-state index >= 15 is 0 Å². The predicted molar refractivity (Wildman–Crippen MR) is 115 cm³/mol. The molecule has 1 amide bonds. The van der Waals surface area contributed by atoms with Gasteiger partial charge in [0.15, 0.2) is 0 Å². The van der Waals surface area contributed by atoms with E-state index in [1.165, 1.54) is 0 Å². The van der Waals surface area contributed by atoms with Gasteiger partial charge < -0.3 is 14.4 Å². The molecule has 1 saturated heterocycles. The standard InChI is InChI=1S/C23H24N6O/c1-17-15-29(18(2)26-17)16-23(30)28-11-9-27(10-12-28)22-6-4-3-5-21(22)19-7-8-20(13-24)25-14-19/h3-8,14-15H,9-12,16H2,1-2H3. The van der Waals surface area contributed by atoms with Crippen molar-refractivity contribution in [3.8, 4) is 17.2 Å². The highest BCUT2D eigenvalue weighted by Crippen LogP contribution is 2.31. The van der Waals surface area contributed by atoms with E-state index in [9.17, 15) is 4.79 Å². The van der Waals surface area contributed by atoms with Crippen molar-refractivity contribution >= 4 is 11.6 Å². The molecule has 7 heteroatoms. The minimum atomic E-state index is 0.125. The van der Waals surface area contributed by atoms with Crippen LogP contribution in [0.15, 0.2) is 48.8 Å². The van der Waals surface area contributed by atoms with Crippen molar-refractivity contribution in [1.82, 2.24) is 19.4 Å². The fraction of sp³-hybridized carbons (Fsp3) is 0.304. The molecule has 152 valence electrons. The average Bonchev–Trinajstić information content (AvgIpc) is 3.10. The van der Waals surface area contributed by atoms with Gasteiger partial charge in [-0.05, 0) is 32.0 Å². The van der Waals surface area contributed by atoms with Crippen LogP contribution >= 0.6 is 0 Å². The van der Waals surface area contributed by atoms with Gasteiger partial charge in [-0.15, -0.1) is 0 Å². The topological polar surface area (TPSA) is 78.0 Å². The van der Waals surface area contributed by atoms with Crippen LogP contribution in [0.1, 0.15) is 17.2 Å². The van der Waals surface area contributed by atoms with Crippen LogP contribution in [0.25, 0.3) is 11.1 Å². The predicted octanol–water partition coefficient (Wildman–Crippen LogP) is 2.78. The summed E-state index contributed by atoms with van der Waals surface area (Å²) in [4.78, 5) is 25.6. The summed E-state index contributed by atoms with van der Waals surface area (Å²) in [6, 6.07) is 13.9. The highest BCUT2D eigenvalue weighted by atomic mass is 16.2. The molecule has 0 spiro atoms. The van der Waals surface area contributed by atoms with Gasteiger partial charge in [0.2, 0.25) is 5.91 Å². The van der Waals surface area contributed by atoms with Crippen molar-refractivity contribution in [2.24, 2.45) is 0 Å². The van der Waals surface area contributed by atoms with E-state index in [2.05, 4.69) is 33.1 Å². The number of amides is 1. The van der Waals surface area contributed by atoms with Crippen LogP contribution < -0.4 is 4.90 Å². The van der Waals surface area contributed by atoms with Crippen LogP contribution in [0.2, 0.25) is 0 Å². The van der Waals surface area contributed by atoms with E-state index in [0.29, 0.717) is 25.3 Å².